The molecule has 3 unspecified atom stereocenters. The number of hydrogen-bond acceptors (Lipinski definition) is 4. The van der Waals surface area contributed by atoms with Crippen LogP contribution in [-0.4, -0.2) is 43.9 Å². The maximum atomic E-state index is 11.0. The van der Waals surface area contributed by atoms with Crippen LogP contribution in [0.3, 0.4) is 0 Å². The molecule has 0 aliphatic carbocycles. The number of hydrogen-bond donors (Lipinski definition) is 2. The summed E-state index contributed by atoms with van der Waals surface area (Å²) in [7, 11) is 1.70. The van der Waals surface area contributed by atoms with Crippen LogP contribution in [0.15, 0.2) is 0 Å². The Labute approximate surface area is 96.7 Å². The monoisotopic (exact) mass is 230 g/mol. The van der Waals surface area contributed by atoms with E-state index in [0.29, 0.717) is 6.61 Å². The number of rotatable bonds is 5. The molecule has 0 aromatic heterocycles. The van der Waals surface area contributed by atoms with Crippen LogP contribution in [0.2, 0.25) is 0 Å². The number of ether oxygens (including phenoxy) is 2. The molecule has 0 bridgehead atoms. The highest BCUT2D eigenvalue weighted by atomic mass is 16.5. The normalized spacial score (nSPS) is 32.3. The van der Waals surface area contributed by atoms with Crippen LogP contribution < -0.4 is 11.1 Å². The topological polar surface area (TPSA) is 73.6 Å². The molecule has 0 radical (unpaired) electrons. The first-order valence-electron chi connectivity index (χ1n) is 5.76. The van der Waals surface area contributed by atoms with Crippen LogP contribution in [0.1, 0.15) is 26.7 Å². The maximum absolute atomic E-state index is 11.0. The molecule has 1 aliphatic rings. The average Bonchev–Trinajstić information content (AvgIpc) is 2.16. The van der Waals surface area contributed by atoms with Crippen molar-refractivity contribution < 1.29 is 14.3 Å². The van der Waals surface area contributed by atoms with Crippen LogP contribution in [0.25, 0.3) is 0 Å². The van der Waals surface area contributed by atoms with Crippen LogP contribution in [0, 0.1) is 0 Å². The van der Waals surface area contributed by atoms with Crippen molar-refractivity contribution in [2.24, 2.45) is 5.73 Å². The van der Waals surface area contributed by atoms with E-state index >= 15 is 0 Å². The zero-order valence-electron chi connectivity index (χ0n) is 10.2. The summed E-state index contributed by atoms with van der Waals surface area (Å²) in [6.07, 6.45) is 2.35. The predicted octanol–water partition coefficient (Wildman–Crippen LogP) is 0.0323. The number of likely N-dealkylation sites (N-methyl/N-ethyl adjacent to an activating group) is 1. The number of nitrogens with two attached hydrogens (primary N) is 1. The van der Waals surface area contributed by atoms with Crippen molar-refractivity contribution in [2.75, 3.05) is 13.7 Å². The molecule has 1 fully saturated rings. The molecule has 1 rings (SSSR count). The lowest BCUT2D eigenvalue weighted by molar-refractivity contribution is -0.126. The molecule has 5 nitrogen and oxygen atoms in total. The van der Waals surface area contributed by atoms with Crippen LogP contribution in [0.4, 0.5) is 0 Å². The zero-order valence-corrected chi connectivity index (χ0v) is 10.2. The lowest BCUT2D eigenvalue weighted by Crippen LogP contribution is -2.44. The third-order valence-electron chi connectivity index (χ3n) is 2.84. The summed E-state index contributed by atoms with van der Waals surface area (Å²) in [5.74, 6) is -0.379. The minimum absolute atomic E-state index is 0.161. The quantitative estimate of drug-likeness (QED) is 0.699. The zero-order chi connectivity index (χ0) is 12.1. The van der Waals surface area contributed by atoms with Crippen LogP contribution >= 0.6 is 0 Å². The van der Waals surface area contributed by atoms with Gasteiger partial charge in [-0.05, 0) is 33.7 Å². The summed E-state index contributed by atoms with van der Waals surface area (Å²) in [6, 6.07) is -0.409. The van der Waals surface area contributed by atoms with Gasteiger partial charge in [-0.3, -0.25) is 4.79 Å². The van der Waals surface area contributed by atoms with Gasteiger partial charge in [0.05, 0.1) is 24.9 Å². The van der Waals surface area contributed by atoms with E-state index in [9.17, 15) is 4.79 Å². The molecule has 0 spiro atoms. The molecule has 1 aliphatic heterocycles. The van der Waals surface area contributed by atoms with Gasteiger partial charge < -0.3 is 20.5 Å². The van der Waals surface area contributed by atoms with E-state index in [2.05, 4.69) is 5.32 Å². The highest BCUT2D eigenvalue weighted by molar-refractivity contribution is 5.79. The van der Waals surface area contributed by atoms with Gasteiger partial charge in [-0.2, -0.15) is 0 Å². The summed E-state index contributed by atoms with van der Waals surface area (Å²) in [4.78, 5) is 11.0. The molecule has 3 atom stereocenters. The summed E-state index contributed by atoms with van der Waals surface area (Å²) in [5, 5.41) is 2.83. The molecule has 94 valence electrons. The van der Waals surface area contributed by atoms with Gasteiger partial charge in [-0.25, -0.2) is 0 Å². The number of carbonyl (C=O) groups is 1. The number of carbonyl (C=O) groups excluding carboxylic acids is 1. The highest BCUT2D eigenvalue weighted by Crippen LogP contribution is 2.21. The Morgan fingerprint density at radius 2 is 2.06 bits per heavy atom. The van der Waals surface area contributed by atoms with E-state index in [0.717, 1.165) is 12.8 Å². The summed E-state index contributed by atoms with van der Waals surface area (Å²) >= 11 is 0. The van der Waals surface area contributed by atoms with E-state index < -0.39 is 6.04 Å². The smallest absolute Gasteiger partial charge is 0.236 e. The second-order valence-electron chi connectivity index (χ2n) is 4.43. The summed E-state index contributed by atoms with van der Waals surface area (Å²) < 4.78 is 11.3. The maximum Gasteiger partial charge on any atom is 0.236 e. The van der Waals surface area contributed by atoms with Gasteiger partial charge in [0.1, 0.15) is 6.04 Å². The Kier molecular flexibility index (Phi) is 5.18. The van der Waals surface area contributed by atoms with E-state index in [-0.39, 0.29) is 24.2 Å². The molecule has 0 aromatic rings. The predicted molar refractivity (Wildman–Crippen MR) is 61.0 cm³/mol. The number of amides is 1. The molecule has 5 heteroatoms. The van der Waals surface area contributed by atoms with Crippen molar-refractivity contribution in [3.8, 4) is 0 Å². The van der Waals surface area contributed by atoms with Gasteiger partial charge in [0, 0.05) is 0 Å². The van der Waals surface area contributed by atoms with Crippen molar-refractivity contribution in [3.05, 3.63) is 0 Å². The molecule has 1 amide bonds. The fourth-order valence-electron chi connectivity index (χ4n) is 2.02. The van der Waals surface area contributed by atoms with Crippen molar-refractivity contribution in [3.63, 3.8) is 0 Å². The fraction of sp³-hybridized carbons (Fsp3) is 0.909. The third kappa shape index (κ3) is 4.08. The largest absolute Gasteiger partial charge is 0.376 e. The number of nitrogens with one attached hydrogen (secondary N) is 1. The molecule has 0 aromatic carbocycles. The Hall–Kier alpha value is -0.650. The van der Waals surface area contributed by atoms with E-state index in [4.69, 9.17) is 15.2 Å². The van der Waals surface area contributed by atoms with Gasteiger partial charge in [0.2, 0.25) is 5.91 Å². The average molecular weight is 230 g/mol. The van der Waals surface area contributed by atoms with Gasteiger partial charge in [-0.15, -0.1) is 0 Å². The molecular formula is C11H22N2O3. The first kappa shape index (κ1) is 13.4. The van der Waals surface area contributed by atoms with E-state index in [1.165, 1.54) is 0 Å². The summed E-state index contributed by atoms with van der Waals surface area (Å²) in [5.41, 5.74) is 5.21. The second kappa shape index (κ2) is 6.18. The standard InChI is InChI=1S/C11H22N2O3/c1-7-4-9(5-8(2)16-7)15-6-10(13-3)11(12)14/h7-10,13H,4-6H2,1-3H3,(H2,12,14). The van der Waals surface area contributed by atoms with Crippen LogP contribution in [-0.2, 0) is 14.3 Å². The van der Waals surface area contributed by atoms with Gasteiger partial charge >= 0.3 is 0 Å². The third-order valence-corrected chi connectivity index (χ3v) is 2.84. The lowest BCUT2D eigenvalue weighted by Gasteiger charge is -2.32. The van der Waals surface area contributed by atoms with Gasteiger partial charge in [-0.1, -0.05) is 0 Å². The second-order valence-corrected chi connectivity index (χ2v) is 4.43. The first-order valence-corrected chi connectivity index (χ1v) is 5.76. The van der Waals surface area contributed by atoms with Crippen molar-refractivity contribution in [2.45, 2.75) is 51.0 Å². The Bertz CT molecular complexity index is 225. The first-order chi connectivity index (χ1) is 7.52. The molecule has 3 N–H and O–H groups in total. The van der Waals surface area contributed by atoms with Crippen LogP contribution in [0.5, 0.6) is 0 Å². The van der Waals surface area contributed by atoms with Gasteiger partial charge in [0.15, 0.2) is 0 Å². The minimum Gasteiger partial charge on any atom is -0.376 e. The van der Waals surface area contributed by atoms with E-state index in [1.807, 2.05) is 13.8 Å². The van der Waals surface area contributed by atoms with Gasteiger partial charge in [0.25, 0.3) is 0 Å². The Morgan fingerprint density at radius 3 is 2.50 bits per heavy atom. The molecule has 1 heterocycles. The lowest BCUT2D eigenvalue weighted by atomic mass is 10.0. The molecular weight excluding hydrogens is 208 g/mol. The minimum atomic E-state index is -0.409. The molecule has 1 saturated heterocycles. The SMILES string of the molecule is CNC(COC1CC(C)OC(C)C1)C(N)=O. The Morgan fingerprint density at radius 1 is 1.50 bits per heavy atom. The number of primary amides is 1. The molecule has 16 heavy (non-hydrogen) atoms. The van der Waals surface area contributed by atoms with Crippen molar-refractivity contribution >= 4 is 5.91 Å². The van der Waals surface area contributed by atoms with Crippen molar-refractivity contribution in [1.82, 2.24) is 5.32 Å². The van der Waals surface area contributed by atoms with E-state index in [1.54, 1.807) is 7.05 Å². The fourth-order valence-corrected chi connectivity index (χ4v) is 2.02. The Balaban J connectivity index is 2.33. The molecule has 0 saturated carbocycles. The highest BCUT2D eigenvalue weighted by Gasteiger charge is 2.26. The van der Waals surface area contributed by atoms with Crippen molar-refractivity contribution in [1.29, 1.82) is 0 Å². The summed E-state index contributed by atoms with van der Waals surface area (Å²) in [6.45, 7) is 4.40.